The van der Waals surface area contributed by atoms with Crippen LogP contribution in [0.2, 0.25) is 0 Å². The van der Waals surface area contributed by atoms with Crippen molar-refractivity contribution in [3.63, 3.8) is 0 Å². The van der Waals surface area contributed by atoms with Crippen LogP contribution in [0.4, 0.5) is 0 Å². The van der Waals surface area contributed by atoms with Crippen molar-refractivity contribution < 1.29 is 9.53 Å². The van der Waals surface area contributed by atoms with Gasteiger partial charge >= 0.3 is 0 Å². The molecule has 0 fully saturated rings. The first kappa shape index (κ1) is 13.2. The van der Waals surface area contributed by atoms with Crippen molar-refractivity contribution in [1.82, 2.24) is 4.57 Å². The molecule has 1 heterocycles. The molecule has 0 saturated carbocycles. The summed E-state index contributed by atoms with van der Waals surface area (Å²) >= 11 is 0. The van der Waals surface area contributed by atoms with Gasteiger partial charge in [0.05, 0.1) is 0 Å². The Hall–Kier alpha value is -1.82. The number of pyridine rings is 1. The highest BCUT2D eigenvalue weighted by molar-refractivity contribution is 5.75. The maximum atomic E-state index is 11.9. The Balaban J connectivity index is 2.83. The van der Waals surface area contributed by atoms with Crippen LogP contribution in [0.25, 0.3) is 0 Å². The largest absolute Gasteiger partial charge is 0.478 e. The average molecular weight is 239 g/mol. The summed E-state index contributed by atoms with van der Waals surface area (Å²) in [7, 11) is 0. The number of rotatable bonds is 6. The number of primary amides is 1. The SMILES string of the molecule is CCC(N)Cn1cccc(OCC(N)=O)c1=O. The summed E-state index contributed by atoms with van der Waals surface area (Å²) in [6.07, 6.45) is 2.41. The number of hydrogen-bond acceptors (Lipinski definition) is 4. The summed E-state index contributed by atoms with van der Waals surface area (Å²) < 4.78 is 6.47. The second-order valence-electron chi connectivity index (χ2n) is 3.75. The summed E-state index contributed by atoms with van der Waals surface area (Å²) in [5.74, 6) is -0.514. The molecule has 17 heavy (non-hydrogen) atoms. The fourth-order valence-electron chi connectivity index (χ4n) is 1.30. The first-order chi connectivity index (χ1) is 8.04. The molecule has 0 aliphatic carbocycles. The Kier molecular flexibility index (Phi) is 4.71. The van der Waals surface area contributed by atoms with E-state index in [1.807, 2.05) is 6.92 Å². The number of carbonyl (C=O) groups excluding carboxylic acids is 1. The van der Waals surface area contributed by atoms with Crippen molar-refractivity contribution in [2.75, 3.05) is 6.61 Å². The summed E-state index contributed by atoms with van der Waals surface area (Å²) in [5.41, 5.74) is 10.4. The van der Waals surface area contributed by atoms with Gasteiger partial charge in [0.2, 0.25) is 0 Å². The van der Waals surface area contributed by atoms with Crippen molar-refractivity contribution in [1.29, 1.82) is 0 Å². The van der Waals surface area contributed by atoms with Gasteiger partial charge in [0.25, 0.3) is 11.5 Å². The predicted octanol–water partition coefficient (Wildman–Crippen LogP) is -0.550. The predicted molar refractivity (Wildman–Crippen MR) is 63.7 cm³/mol. The molecule has 1 atom stereocenters. The molecule has 0 bridgehead atoms. The lowest BCUT2D eigenvalue weighted by atomic mass is 10.2. The van der Waals surface area contributed by atoms with E-state index >= 15 is 0 Å². The lowest BCUT2D eigenvalue weighted by molar-refractivity contribution is -0.119. The average Bonchev–Trinajstić information content (AvgIpc) is 2.30. The van der Waals surface area contributed by atoms with Gasteiger partial charge in [0.15, 0.2) is 12.4 Å². The topological polar surface area (TPSA) is 100 Å². The second-order valence-corrected chi connectivity index (χ2v) is 3.75. The van der Waals surface area contributed by atoms with Crippen LogP contribution in [0.15, 0.2) is 23.1 Å². The summed E-state index contributed by atoms with van der Waals surface area (Å²) in [6, 6.07) is 3.08. The molecule has 1 aromatic rings. The van der Waals surface area contributed by atoms with Crippen molar-refractivity contribution in [3.05, 3.63) is 28.7 Å². The maximum Gasteiger partial charge on any atom is 0.292 e. The van der Waals surface area contributed by atoms with Crippen LogP contribution in [0.3, 0.4) is 0 Å². The number of ether oxygens (including phenoxy) is 1. The maximum absolute atomic E-state index is 11.9. The quantitative estimate of drug-likeness (QED) is 0.695. The van der Waals surface area contributed by atoms with Gasteiger partial charge in [0, 0.05) is 18.8 Å². The van der Waals surface area contributed by atoms with E-state index < -0.39 is 5.91 Å². The van der Waals surface area contributed by atoms with E-state index in [2.05, 4.69) is 0 Å². The number of hydrogen-bond donors (Lipinski definition) is 2. The number of aromatic nitrogens is 1. The van der Waals surface area contributed by atoms with Gasteiger partial charge in [0.1, 0.15) is 0 Å². The van der Waals surface area contributed by atoms with Crippen LogP contribution >= 0.6 is 0 Å². The zero-order chi connectivity index (χ0) is 12.8. The number of amides is 1. The highest BCUT2D eigenvalue weighted by Gasteiger charge is 2.07. The van der Waals surface area contributed by atoms with Gasteiger partial charge in [-0.3, -0.25) is 9.59 Å². The Morgan fingerprint density at radius 1 is 1.59 bits per heavy atom. The summed E-state index contributed by atoms with van der Waals surface area (Å²) in [6.45, 7) is 2.06. The van der Waals surface area contributed by atoms with E-state index in [0.717, 1.165) is 6.42 Å². The van der Waals surface area contributed by atoms with Gasteiger partial charge in [-0.25, -0.2) is 0 Å². The smallest absolute Gasteiger partial charge is 0.292 e. The monoisotopic (exact) mass is 239 g/mol. The fourth-order valence-corrected chi connectivity index (χ4v) is 1.30. The molecule has 6 heteroatoms. The molecule has 0 spiro atoms. The Bertz CT molecular complexity index is 442. The molecule has 1 aromatic heterocycles. The highest BCUT2D eigenvalue weighted by Crippen LogP contribution is 2.02. The van der Waals surface area contributed by atoms with E-state index in [4.69, 9.17) is 16.2 Å². The molecule has 0 saturated heterocycles. The Morgan fingerprint density at radius 3 is 2.88 bits per heavy atom. The molecule has 6 nitrogen and oxygen atoms in total. The Morgan fingerprint density at radius 2 is 2.29 bits per heavy atom. The van der Waals surface area contributed by atoms with Crippen molar-refractivity contribution in [3.8, 4) is 5.75 Å². The van der Waals surface area contributed by atoms with Gasteiger partial charge in [-0.15, -0.1) is 0 Å². The van der Waals surface area contributed by atoms with E-state index in [-0.39, 0.29) is 24.0 Å². The summed E-state index contributed by atoms with van der Waals surface area (Å²) in [4.78, 5) is 22.4. The van der Waals surface area contributed by atoms with E-state index in [1.54, 1.807) is 12.3 Å². The fraction of sp³-hybridized carbons (Fsp3) is 0.455. The number of nitrogens with zero attached hydrogens (tertiary/aromatic N) is 1. The minimum Gasteiger partial charge on any atom is -0.478 e. The molecule has 0 radical (unpaired) electrons. The third-order valence-corrected chi connectivity index (χ3v) is 2.31. The summed E-state index contributed by atoms with van der Waals surface area (Å²) in [5, 5.41) is 0. The zero-order valence-corrected chi connectivity index (χ0v) is 9.76. The lowest BCUT2D eigenvalue weighted by Crippen LogP contribution is -2.32. The highest BCUT2D eigenvalue weighted by atomic mass is 16.5. The molecule has 94 valence electrons. The van der Waals surface area contributed by atoms with Gasteiger partial charge in [-0.05, 0) is 18.6 Å². The molecular weight excluding hydrogens is 222 g/mol. The Labute approximate surface area is 99.2 Å². The minimum atomic E-state index is -0.620. The first-order valence-corrected chi connectivity index (χ1v) is 5.40. The molecule has 0 aliphatic heterocycles. The third kappa shape index (κ3) is 3.92. The molecule has 1 amide bonds. The van der Waals surface area contributed by atoms with Gasteiger partial charge in [-0.2, -0.15) is 0 Å². The van der Waals surface area contributed by atoms with Crippen LogP contribution in [0.5, 0.6) is 5.75 Å². The van der Waals surface area contributed by atoms with E-state index in [1.165, 1.54) is 10.6 Å². The van der Waals surface area contributed by atoms with Crippen LogP contribution < -0.4 is 21.8 Å². The van der Waals surface area contributed by atoms with Crippen LogP contribution in [0.1, 0.15) is 13.3 Å². The normalized spacial score (nSPS) is 12.1. The minimum absolute atomic E-state index is 0.0842. The molecular formula is C11H17N3O3. The van der Waals surface area contributed by atoms with Crippen molar-refractivity contribution in [2.24, 2.45) is 11.5 Å². The standard InChI is InChI=1S/C11H17N3O3/c1-2-8(12)6-14-5-3-4-9(11(14)16)17-7-10(13)15/h3-5,8H,2,6-7,12H2,1H3,(H2,13,15). The zero-order valence-electron chi connectivity index (χ0n) is 9.76. The van der Waals surface area contributed by atoms with Crippen LogP contribution in [0, 0.1) is 0 Å². The van der Waals surface area contributed by atoms with Crippen LogP contribution in [-0.4, -0.2) is 23.1 Å². The number of carbonyl (C=O) groups is 1. The molecule has 0 aliphatic rings. The van der Waals surface area contributed by atoms with E-state index in [0.29, 0.717) is 6.54 Å². The van der Waals surface area contributed by atoms with Gasteiger partial charge in [-0.1, -0.05) is 6.92 Å². The first-order valence-electron chi connectivity index (χ1n) is 5.40. The van der Waals surface area contributed by atoms with Crippen molar-refractivity contribution in [2.45, 2.75) is 25.9 Å². The number of nitrogens with two attached hydrogens (primary N) is 2. The molecule has 1 unspecified atom stereocenters. The lowest BCUT2D eigenvalue weighted by Gasteiger charge is -2.12. The third-order valence-electron chi connectivity index (χ3n) is 2.31. The van der Waals surface area contributed by atoms with Gasteiger partial charge < -0.3 is 20.8 Å². The van der Waals surface area contributed by atoms with Crippen LogP contribution in [-0.2, 0) is 11.3 Å². The molecule has 1 rings (SSSR count). The second kappa shape index (κ2) is 6.05. The molecule has 0 aromatic carbocycles. The van der Waals surface area contributed by atoms with E-state index in [9.17, 15) is 9.59 Å². The van der Waals surface area contributed by atoms with Crippen molar-refractivity contribution >= 4 is 5.91 Å². The molecule has 4 N–H and O–H groups in total.